The molecule has 1 aromatic rings. The van der Waals surface area contributed by atoms with E-state index < -0.39 is 0 Å². The highest BCUT2D eigenvalue weighted by Gasteiger charge is 2.13. The topological polar surface area (TPSA) is 37.0 Å². The first-order chi connectivity index (χ1) is 13.2. The van der Waals surface area contributed by atoms with Crippen molar-refractivity contribution >= 4 is 0 Å². The molecule has 2 aliphatic rings. The van der Waals surface area contributed by atoms with Crippen LogP contribution in [-0.2, 0) is 13.1 Å². The number of benzene rings is 1. The summed E-state index contributed by atoms with van der Waals surface area (Å²) < 4.78 is 0. The highest BCUT2D eigenvalue weighted by Crippen LogP contribution is 2.06. The summed E-state index contributed by atoms with van der Waals surface area (Å²) in [4.78, 5) is 7.38. The minimum Gasteiger partial charge on any atom is -0.313 e. The van der Waals surface area contributed by atoms with Crippen molar-refractivity contribution in [2.24, 2.45) is 0 Å². The van der Waals surface area contributed by atoms with E-state index in [0.717, 1.165) is 45.8 Å². The summed E-state index contributed by atoms with van der Waals surface area (Å²) in [6, 6.07) is 9.03. The highest BCUT2D eigenvalue weighted by molar-refractivity contribution is 5.22. The van der Waals surface area contributed by atoms with Gasteiger partial charge in [-0.3, -0.25) is 5.43 Å². The van der Waals surface area contributed by atoms with Crippen molar-refractivity contribution in [1.29, 1.82) is 0 Å². The van der Waals surface area contributed by atoms with E-state index >= 15 is 0 Å². The van der Waals surface area contributed by atoms with Crippen molar-refractivity contribution in [2.45, 2.75) is 19.5 Å². The van der Waals surface area contributed by atoms with E-state index in [1.165, 1.54) is 50.3 Å². The Hall–Kier alpha value is -1.02. The van der Waals surface area contributed by atoms with Crippen LogP contribution in [-0.4, -0.2) is 99.3 Å². The molecule has 2 saturated heterocycles. The van der Waals surface area contributed by atoms with Crippen LogP contribution in [0.1, 0.15) is 17.5 Å². The van der Waals surface area contributed by atoms with Gasteiger partial charge in [0, 0.05) is 65.4 Å². The van der Waals surface area contributed by atoms with Crippen LogP contribution in [0.15, 0.2) is 24.3 Å². The minimum absolute atomic E-state index is 0.919. The van der Waals surface area contributed by atoms with Gasteiger partial charge in [-0.1, -0.05) is 24.3 Å². The fraction of sp³-hybridized carbons (Fsp3) is 0.714. The van der Waals surface area contributed by atoms with E-state index in [2.05, 4.69) is 68.8 Å². The lowest BCUT2D eigenvalue weighted by atomic mass is 10.1. The lowest BCUT2D eigenvalue weighted by Gasteiger charge is -2.32. The molecule has 2 heterocycles. The summed E-state index contributed by atoms with van der Waals surface area (Å²) in [6.45, 7) is 13.6. The maximum absolute atomic E-state index is 3.59. The molecule has 0 atom stereocenters. The molecule has 0 aromatic heterocycles. The molecule has 2 aliphatic heterocycles. The zero-order valence-electron chi connectivity index (χ0n) is 17.3. The Morgan fingerprint density at radius 3 is 1.93 bits per heavy atom. The molecule has 6 heteroatoms. The van der Waals surface area contributed by atoms with Gasteiger partial charge < -0.3 is 20.0 Å². The van der Waals surface area contributed by atoms with Crippen LogP contribution < -0.4 is 10.7 Å². The molecule has 3 rings (SSSR count). The molecule has 0 bridgehead atoms. The van der Waals surface area contributed by atoms with Crippen molar-refractivity contribution in [3.05, 3.63) is 35.4 Å². The third-order valence-corrected chi connectivity index (χ3v) is 5.79. The van der Waals surface area contributed by atoms with Crippen LogP contribution >= 0.6 is 0 Å². The van der Waals surface area contributed by atoms with Crippen LogP contribution in [0.5, 0.6) is 0 Å². The maximum atomic E-state index is 3.59. The smallest absolute Gasteiger partial charge is 0.0353 e. The number of hydrazine groups is 1. The van der Waals surface area contributed by atoms with Crippen molar-refractivity contribution in [3.63, 3.8) is 0 Å². The summed E-state index contributed by atoms with van der Waals surface area (Å²) in [6.07, 6.45) is 1.23. The predicted octanol–water partition coefficient (Wildman–Crippen LogP) is 0.666. The molecule has 0 amide bonds. The molecule has 2 fully saturated rings. The predicted molar refractivity (Wildman–Crippen MR) is 113 cm³/mol. The average molecular weight is 375 g/mol. The average Bonchev–Trinajstić information content (AvgIpc) is 2.70. The molecular formula is C21H38N6. The fourth-order valence-corrected chi connectivity index (χ4v) is 3.67. The van der Waals surface area contributed by atoms with Gasteiger partial charge in [-0.25, -0.2) is 5.01 Å². The molecule has 27 heavy (non-hydrogen) atoms. The molecule has 0 spiro atoms. The zero-order chi connectivity index (χ0) is 18.9. The SMILES string of the molecule is CN1CCN(CCCNCc2ccc(CNN3CCN(C)CC3)cc2)CC1. The third-order valence-electron chi connectivity index (χ3n) is 5.79. The first-order valence-electron chi connectivity index (χ1n) is 10.6. The number of hydrogen-bond acceptors (Lipinski definition) is 6. The van der Waals surface area contributed by atoms with Crippen LogP contribution in [0.3, 0.4) is 0 Å². The Labute approximate surface area is 165 Å². The first-order valence-corrected chi connectivity index (χ1v) is 10.6. The second-order valence-electron chi connectivity index (χ2n) is 8.12. The molecule has 0 unspecified atom stereocenters. The summed E-state index contributed by atoms with van der Waals surface area (Å²) in [5, 5.41) is 5.93. The molecule has 2 N–H and O–H groups in total. The number of piperazine rings is 2. The largest absolute Gasteiger partial charge is 0.313 e. The van der Waals surface area contributed by atoms with E-state index in [4.69, 9.17) is 0 Å². The summed E-state index contributed by atoms with van der Waals surface area (Å²) in [5.41, 5.74) is 6.28. The van der Waals surface area contributed by atoms with Crippen molar-refractivity contribution in [1.82, 2.24) is 30.5 Å². The lowest BCUT2D eigenvalue weighted by Crippen LogP contribution is -2.50. The van der Waals surface area contributed by atoms with Gasteiger partial charge in [0.25, 0.3) is 0 Å². The molecule has 0 radical (unpaired) electrons. The molecule has 0 saturated carbocycles. The van der Waals surface area contributed by atoms with Crippen LogP contribution in [0.2, 0.25) is 0 Å². The Balaban J connectivity index is 1.25. The Morgan fingerprint density at radius 2 is 1.30 bits per heavy atom. The van der Waals surface area contributed by atoms with Gasteiger partial charge in [-0.05, 0) is 44.7 Å². The number of nitrogens with one attached hydrogen (secondary N) is 2. The first kappa shape index (κ1) is 20.7. The van der Waals surface area contributed by atoms with Gasteiger partial charge in [0.15, 0.2) is 0 Å². The fourth-order valence-electron chi connectivity index (χ4n) is 3.67. The van der Waals surface area contributed by atoms with E-state index in [-0.39, 0.29) is 0 Å². The zero-order valence-corrected chi connectivity index (χ0v) is 17.3. The standard InChI is InChI=1S/C21H38N6/c1-24-10-14-26(15-11-24)9-3-8-22-18-20-4-6-21(7-5-20)19-23-27-16-12-25(2)13-17-27/h4-7,22-23H,3,8-19H2,1-2H3. The Morgan fingerprint density at radius 1 is 0.741 bits per heavy atom. The summed E-state index contributed by atoms with van der Waals surface area (Å²) >= 11 is 0. The Kier molecular flexibility index (Phi) is 8.51. The molecule has 6 nitrogen and oxygen atoms in total. The highest BCUT2D eigenvalue weighted by atomic mass is 15.5. The lowest BCUT2D eigenvalue weighted by molar-refractivity contribution is 0.102. The van der Waals surface area contributed by atoms with Gasteiger partial charge in [-0.2, -0.15) is 0 Å². The number of hydrogen-bond donors (Lipinski definition) is 2. The van der Waals surface area contributed by atoms with E-state index in [9.17, 15) is 0 Å². The molecule has 0 aliphatic carbocycles. The van der Waals surface area contributed by atoms with Crippen LogP contribution in [0.4, 0.5) is 0 Å². The van der Waals surface area contributed by atoms with Gasteiger partial charge in [-0.15, -0.1) is 0 Å². The van der Waals surface area contributed by atoms with Gasteiger partial charge >= 0.3 is 0 Å². The second-order valence-corrected chi connectivity index (χ2v) is 8.12. The number of likely N-dealkylation sites (N-methyl/N-ethyl adjacent to an activating group) is 2. The third kappa shape index (κ3) is 7.49. The van der Waals surface area contributed by atoms with Crippen LogP contribution in [0, 0.1) is 0 Å². The molecule has 1 aromatic carbocycles. The molecule has 152 valence electrons. The monoisotopic (exact) mass is 374 g/mol. The summed E-state index contributed by atoms with van der Waals surface area (Å²) in [5.74, 6) is 0. The molecular weight excluding hydrogens is 336 g/mol. The van der Waals surface area contributed by atoms with Gasteiger partial charge in [0.1, 0.15) is 0 Å². The second kappa shape index (κ2) is 11.1. The number of nitrogens with zero attached hydrogens (tertiary/aromatic N) is 4. The van der Waals surface area contributed by atoms with Crippen LogP contribution in [0.25, 0.3) is 0 Å². The minimum atomic E-state index is 0.919. The Bertz CT molecular complexity index is 518. The number of rotatable bonds is 9. The van der Waals surface area contributed by atoms with Crippen molar-refractivity contribution < 1.29 is 0 Å². The maximum Gasteiger partial charge on any atom is 0.0353 e. The van der Waals surface area contributed by atoms with Gasteiger partial charge in [0.05, 0.1) is 0 Å². The van der Waals surface area contributed by atoms with Crippen molar-refractivity contribution in [3.8, 4) is 0 Å². The van der Waals surface area contributed by atoms with E-state index in [1.807, 2.05) is 0 Å². The normalized spacial score (nSPS) is 21.0. The van der Waals surface area contributed by atoms with E-state index in [1.54, 1.807) is 0 Å². The van der Waals surface area contributed by atoms with Crippen molar-refractivity contribution in [2.75, 3.05) is 79.5 Å². The quantitative estimate of drug-likeness (QED) is 0.619. The summed E-state index contributed by atoms with van der Waals surface area (Å²) in [7, 11) is 4.41. The van der Waals surface area contributed by atoms with Gasteiger partial charge in [0.2, 0.25) is 0 Å². The van der Waals surface area contributed by atoms with E-state index in [0.29, 0.717) is 0 Å².